The number of rotatable bonds is 7. The van der Waals surface area contributed by atoms with Gasteiger partial charge in [0.15, 0.2) is 5.69 Å². The number of nitrogens with zero attached hydrogens (tertiary/aromatic N) is 3. The van der Waals surface area contributed by atoms with E-state index < -0.39 is 17.4 Å². The number of benzene rings is 2. The first-order valence-corrected chi connectivity index (χ1v) is 13.5. The summed E-state index contributed by atoms with van der Waals surface area (Å²) < 4.78 is 12.0. The van der Waals surface area contributed by atoms with E-state index >= 15 is 0 Å². The number of fused-ring (bicyclic) bond motifs is 1. The van der Waals surface area contributed by atoms with Gasteiger partial charge in [0.25, 0.3) is 5.91 Å². The molecule has 0 spiro atoms. The molecule has 208 valence electrons. The molecule has 40 heavy (non-hydrogen) atoms. The van der Waals surface area contributed by atoms with E-state index in [4.69, 9.17) is 21.1 Å². The third kappa shape index (κ3) is 6.62. The normalized spacial score (nSPS) is 17.1. The number of morpholine rings is 1. The summed E-state index contributed by atoms with van der Waals surface area (Å²) in [5.74, 6) is 5.83. The average molecular weight is 564 g/mol. The standard InChI is InChI=1S/C29H30ClN5O5/c1-34-26-21(4-2-3-5-23-18-40-29(38)32-23)14-20(17-35-10-12-39-13-11-35)15-24(26)27(36)25(33-34)28(37)31-16-19-6-8-22(30)9-7-19/h6-9,14-15,23H,3,5,10-13,16-18H2,1H3,(H,31,37)(H,32,38)/t23-/m1/s1. The van der Waals surface area contributed by atoms with Crippen molar-refractivity contribution in [3.8, 4) is 11.8 Å². The first-order chi connectivity index (χ1) is 19.4. The van der Waals surface area contributed by atoms with Gasteiger partial charge in [-0.1, -0.05) is 35.6 Å². The number of hydrogen-bond donors (Lipinski definition) is 2. The van der Waals surface area contributed by atoms with Crippen LogP contribution in [0, 0.1) is 11.8 Å². The van der Waals surface area contributed by atoms with Gasteiger partial charge >= 0.3 is 6.09 Å². The van der Waals surface area contributed by atoms with Crippen molar-refractivity contribution < 1.29 is 19.1 Å². The molecule has 2 saturated heterocycles. The van der Waals surface area contributed by atoms with Gasteiger partial charge in [0.1, 0.15) is 6.61 Å². The summed E-state index contributed by atoms with van der Waals surface area (Å²) in [6.45, 7) is 4.10. The van der Waals surface area contributed by atoms with Crippen LogP contribution in [0.5, 0.6) is 0 Å². The van der Waals surface area contributed by atoms with Crippen molar-refractivity contribution >= 4 is 34.5 Å². The van der Waals surface area contributed by atoms with E-state index in [2.05, 4.69) is 32.5 Å². The van der Waals surface area contributed by atoms with Crippen LogP contribution in [-0.4, -0.2) is 65.6 Å². The Balaban J connectivity index is 1.44. The molecule has 11 heteroatoms. The van der Waals surface area contributed by atoms with Crippen LogP contribution in [0.3, 0.4) is 0 Å². The van der Waals surface area contributed by atoms with E-state index in [1.54, 1.807) is 23.9 Å². The van der Waals surface area contributed by atoms with Crippen LogP contribution in [0.25, 0.3) is 10.9 Å². The average Bonchev–Trinajstić information content (AvgIpc) is 3.37. The van der Waals surface area contributed by atoms with Gasteiger partial charge in [-0.05, 0) is 41.8 Å². The van der Waals surface area contributed by atoms with Crippen molar-refractivity contribution in [2.24, 2.45) is 7.05 Å². The van der Waals surface area contributed by atoms with E-state index in [1.807, 2.05) is 24.3 Å². The third-order valence-corrected chi connectivity index (χ3v) is 7.12. The molecule has 3 heterocycles. The van der Waals surface area contributed by atoms with E-state index in [0.29, 0.717) is 60.7 Å². The highest BCUT2D eigenvalue weighted by Crippen LogP contribution is 2.20. The van der Waals surface area contributed by atoms with Crippen molar-refractivity contribution in [3.05, 3.63) is 74.0 Å². The number of alkyl carbamates (subject to hydrolysis) is 1. The second-order valence-corrected chi connectivity index (χ2v) is 10.3. The van der Waals surface area contributed by atoms with Gasteiger partial charge in [0.2, 0.25) is 5.43 Å². The summed E-state index contributed by atoms with van der Waals surface area (Å²) in [5, 5.41) is 10.9. The monoisotopic (exact) mass is 563 g/mol. The molecule has 0 aliphatic carbocycles. The van der Waals surface area contributed by atoms with Crippen molar-refractivity contribution in [2.75, 3.05) is 32.9 Å². The lowest BCUT2D eigenvalue weighted by Crippen LogP contribution is -2.35. The molecule has 2 aromatic carbocycles. The minimum atomic E-state index is -0.551. The largest absolute Gasteiger partial charge is 0.447 e. The molecule has 0 radical (unpaired) electrons. The molecule has 0 unspecified atom stereocenters. The summed E-state index contributed by atoms with van der Waals surface area (Å²) in [5.41, 5.74) is 2.38. The van der Waals surface area contributed by atoms with Gasteiger partial charge < -0.3 is 20.1 Å². The van der Waals surface area contributed by atoms with Gasteiger partial charge in [0.05, 0.1) is 35.7 Å². The summed E-state index contributed by atoms with van der Waals surface area (Å²) in [6.07, 6.45) is 0.781. The summed E-state index contributed by atoms with van der Waals surface area (Å²) in [7, 11) is 1.70. The minimum absolute atomic E-state index is 0.0637. The van der Waals surface area contributed by atoms with Crippen molar-refractivity contribution in [1.82, 2.24) is 25.3 Å². The van der Waals surface area contributed by atoms with Gasteiger partial charge in [-0.25, -0.2) is 4.79 Å². The van der Waals surface area contributed by atoms with E-state index in [0.717, 1.165) is 24.2 Å². The molecular weight excluding hydrogens is 534 g/mol. The maximum absolute atomic E-state index is 13.6. The smallest absolute Gasteiger partial charge is 0.407 e. The number of halogens is 1. The molecule has 2 amide bonds. The van der Waals surface area contributed by atoms with Crippen LogP contribution in [0.4, 0.5) is 4.79 Å². The van der Waals surface area contributed by atoms with Crippen LogP contribution in [0.2, 0.25) is 5.02 Å². The van der Waals surface area contributed by atoms with Crippen LogP contribution in [0.1, 0.15) is 40.0 Å². The van der Waals surface area contributed by atoms with Crippen molar-refractivity contribution in [3.63, 3.8) is 0 Å². The number of carbonyl (C=O) groups excluding carboxylic acids is 2. The second kappa shape index (κ2) is 12.5. The molecule has 0 bridgehead atoms. The quantitative estimate of drug-likeness (QED) is 0.425. The molecule has 3 aromatic rings. The Hall–Kier alpha value is -3.91. The number of carbonyl (C=O) groups is 2. The number of nitrogens with one attached hydrogen (secondary N) is 2. The maximum Gasteiger partial charge on any atom is 0.407 e. The predicted molar refractivity (Wildman–Crippen MR) is 150 cm³/mol. The molecule has 2 N–H and O–H groups in total. The number of aromatic nitrogens is 2. The van der Waals surface area contributed by atoms with Gasteiger partial charge in [-0.3, -0.25) is 19.2 Å². The summed E-state index contributed by atoms with van der Waals surface area (Å²) in [6, 6.07) is 10.9. The maximum atomic E-state index is 13.6. The van der Waals surface area contributed by atoms with Gasteiger partial charge in [-0.2, -0.15) is 5.10 Å². The molecule has 2 fully saturated rings. The van der Waals surface area contributed by atoms with Gasteiger partial charge in [0, 0.05) is 44.7 Å². The number of hydrogen-bond acceptors (Lipinski definition) is 7. The molecule has 10 nitrogen and oxygen atoms in total. The van der Waals surface area contributed by atoms with E-state index in [-0.39, 0.29) is 18.3 Å². The first kappa shape index (κ1) is 27.6. The number of ether oxygens (including phenoxy) is 2. The number of aryl methyl sites for hydroxylation is 1. The Morgan fingerprint density at radius 3 is 2.67 bits per heavy atom. The zero-order valence-electron chi connectivity index (χ0n) is 22.2. The fourth-order valence-corrected chi connectivity index (χ4v) is 4.92. The van der Waals surface area contributed by atoms with Crippen molar-refractivity contribution in [1.29, 1.82) is 0 Å². The zero-order chi connectivity index (χ0) is 28.1. The number of amides is 2. The van der Waals surface area contributed by atoms with Crippen LogP contribution >= 0.6 is 11.6 Å². The number of cyclic esters (lactones) is 1. The Morgan fingerprint density at radius 1 is 1.18 bits per heavy atom. The molecule has 2 aliphatic rings. The highest BCUT2D eigenvalue weighted by atomic mass is 35.5. The summed E-state index contributed by atoms with van der Waals surface area (Å²) in [4.78, 5) is 40.2. The topological polar surface area (TPSA) is 115 Å². The molecule has 0 saturated carbocycles. The SMILES string of the molecule is Cn1nc(C(=O)NCc2ccc(Cl)cc2)c(=O)c2cc(CN3CCOCC3)cc(C#CCC[C@@H]3COC(=O)N3)c21. The Bertz CT molecular complexity index is 1540. The molecule has 1 atom stereocenters. The predicted octanol–water partition coefficient (Wildman–Crippen LogP) is 2.59. The first-order valence-electron chi connectivity index (χ1n) is 13.2. The Kier molecular flexibility index (Phi) is 8.65. The van der Waals surface area contributed by atoms with Crippen LogP contribution < -0.4 is 16.1 Å². The van der Waals surface area contributed by atoms with Crippen molar-refractivity contribution in [2.45, 2.75) is 32.0 Å². The molecular formula is C29H30ClN5O5. The van der Waals surface area contributed by atoms with E-state index in [1.165, 1.54) is 0 Å². The lowest BCUT2D eigenvalue weighted by molar-refractivity contribution is 0.0342. The lowest BCUT2D eigenvalue weighted by atomic mass is 10.0. The van der Waals surface area contributed by atoms with E-state index in [9.17, 15) is 14.4 Å². The molecule has 5 rings (SSSR count). The minimum Gasteiger partial charge on any atom is -0.447 e. The molecule has 2 aliphatic heterocycles. The third-order valence-electron chi connectivity index (χ3n) is 6.87. The summed E-state index contributed by atoms with van der Waals surface area (Å²) >= 11 is 5.95. The van der Waals surface area contributed by atoms with Gasteiger partial charge in [-0.15, -0.1) is 0 Å². The fourth-order valence-electron chi connectivity index (χ4n) is 4.80. The Morgan fingerprint density at radius 2 is 1.95 bits per heavy atom. The fraction of sp³-hybridized carbons (Fsp3) is 0.379. The molecule has 1 aromatic heterocycles. The van der Waals surface area contributed by atoms with Crippen LogP contribution in [-0.2, 0) is 29.6 Å². The van der Waals surface area contributed by atoms with Crippen LogP contribution in [0.15, 0.2) is 41.2 Å². The second-order valence-electron chi connectivity index (χ2n) is 9.82. The Labute approximate surface area is 236 Å². The zero-order valence-corrected chi connectivity index (χ0v) is 22.9. The highest BCUT2D eigenvalue weighted by molar-refractivity contribution is 6.30. The lowest BCUT2D eigenvalue weighted by Gasteiger charge is -2.26. The highest BCUT2D eigenvalue weighted by Gasteiger charge is 2.22.